The van der Waals surface area contributed by atoms with Crippen LogP contribution in [0.2, 0.25) is 0 Å². The molecule has 1 atom stereocenters. The molecule has 0 unspecified atom stereocenters. The van der Waals surface area contributed by atoms with Gasteiger partial charge in [0.15, 0.2) is 5.11 Å². The van der Waals surface area contributed by atoms with Crippen molar-refractivity contribution in [2.24, 2.45) is 0 Å². The van der Waals surface area contributed by atoms with Crippen LogP contribution in [0.5, 0.6) is 5.75 Å². The van der Waals surface area contributed by atoms with Crippen molar-refractivity contribution in [1.82, 2.24) is 5.32 Å². The summed E-state index contributed by atoms with van der Waals surface area (Å²) in [6, 6.07) is 26.5. The van der Waals surface area contributed by atoms with Gasteiger partial charge in [0.05, 0.1) is 12.1 Å². The van der Waals surface area contributed by atoms with Crippen LogP contribution in [-0.2, 0) is 0 Å². The van der Waals surface area contributed by atoms with E-state index in [2.05, 4.69) is 54.0 Å². The molecule has 0 amide bonds. The SMILES string of the molecule is Cc1ccccc1[C@@H](NC(=S)Nc1ccc(OC(C)C)cc1)c1ccccc1. The van der Waals surface area contributed by atoms with Gasteiger partial charge in [-0.1, -0.05) is 54.6 Å². The zero-order valence-corrected chi connectivity index (χ0v) is 17.3. The number of thiocarbonyl (C=S) groups is 1. The first-order valence-electron chi connectivity index (χ1n) is 9.47. The van der Waals surface area contributed by atoms with Crippen LogP contribution in [0.15, 0.2) is 78.9 Å². The van der Waals surface area contributed by atoms with E-state index < -0.39 is 0 Å². The van der Waals surface area contributed by atoms with Crippen LogP contribution in [0, 0.1) is 6.92 Å². The van der Waals surface area contributed by atoms with Crippen molar-refractivity contribution in [3.8, 4) is 5.75 Å². The molecule has 3 nitrogen and oxygen atoms in total. The standard InChI is InChI=1S/C24H26N2OS/c1-17(2)27-21-15-13-20(14-16-21)25-24(28)26-23(19-10-5-4-6-11-19)22-12-8-7-9-18(22)3/h4-17,23H,1-3H3,(H2,25,26,28)/t23-/m0/s1. The number of nitrogens with one attached hydrogen (secondary N) is 2. The molecule has 0 aliphatic carbocycles. The first-order chi connectivity index (χ1) is 13.5. The fourth-order valence-corrected chi connectivity index (χ4v) is 3.32. The summed E-state index contributed by atoms with van der Waals surface area (Å²) < 4.78 is 5.69. The van der Waals surface area contributed by atoms with Gasteiger partial charge in [-0.2, -0.15) is 0 Å². The average molecular weight is 391 g/mol. The number of anilines is 1. The third-order valence-corrected chi connectivity index (χ3v) is 4.61. The Hall–Kier alpha value is -2.85. The van der Waals surface area contributed by atoms with Gasteiger partial charge in [-0.25, -0.2) is 0 Å². The molecule has 0 radical (unpaired) electrons. The van der Waals surface area contributed by atoms with E-state index in [9.17, 15) is 0 Å². The molecular formula is C24H26N2OS. The third-order valence-electron chi connectivity index (χ3n) is 4.39. The molecule has 0 saturated heterocycles. The molecule has 0 bridgehead atoms. The predicted octanol–water partition coefficient (Wildman–Crippen LogP) is 5.86. The highest BCUT2D eigenvalue weighted by atomic mass is 32.1. The van der Waals surface area contributed by atoms with Gasteiger partial charge in [-0.3, -0.25) is 0 Å². The monoisotopic (exact) mass is 390 g/mol. The minimum atomic E-state index is -0.0223. The van der Waals surface area contributed by atoms with E-state index in [1.165, 1.54) is 16.7 Å². The van der Waals surface area contributed by atoms with Crippen molar-refractivity contribution in [1.29, 1.82) is 0 Å². The predicted molar refractivity (Wildman–Crippen MR) is 121 cm³/mol. The molecule has 3 aromatic carbocycles. The number of aryl methyl sites for hydroxylation is 1. The van der Waals surface area contributed by atoms with Gasteiger partial charge in [0, 0.05) is 5.69 Å². The maximum atomic E-state index is 5.69. The molecule has 28 heavy (non-hydrogen) atoms. The summed E-state index contributed by atoms with van der Waals surface area (Å²) >= 11 is 5.60. The van der Waals surface area contributed by atoms with Crippen LogP contribution >= 0.6 is 12.2 Å². The highest BCUT2D eigenvalue weighted by molar-refractivity contribution is 7.80. The summed E-state index contributed by atoms with van der Waals surface area (Å²) in [6.07, 6.45) is 0.155. The van der Waals surface area contributed by atoms with Crippen LogP contribution in [0.25, 0.3) is 0 Å². The largest absolute Gasteiger partial charge is 0.491 e. The maximum Gasteiger partial charge on any atom is 0.171 e. The lowest BCUT2D eigenvalue weighted by Gasteiger charge is -2.23. The van der Waals surface area contributed by atoms with Gasteiger partial charge in [0.1, 0.15) is 5.75 Å². The normalized spacial score (nSPS) is 11.7. The smallest absolute Gasteiger partial charge is 0.171 e. The Morgan fingerprint density at radius 3 is 2.14 bits per heavy atom. The molecule has 3 aromatic rings. The first kappa shape index (κ1) is 19.9. The van der Waals surface area contributed by atoms with Crippen molar-refractivity contribution >= 4 is 23.0 Å². The summed E-state index contributed by atoms with van der Waals surface area (Å²) in [5, 5.41) is 7.33. The van der Waals surface area contributed by atoms with Crippen LogP contribution in [0.3, 0.4) is 0 Å². The third kappa shape index (κ3) is 5.33. The Morgan fingerprint density at radius 1 is 0.857 bits per heavy atom. The van der Waals surface area contributed by atoms with Crippen molar-refractivity contribution < 1.29 is 4.74 Å². The first-order valence-corrected chi connectivity index (χ1v) is 9.88. The molecule has 144 valence electrons. The van der Waals surface area contributed by atoms with Crippen molar-refractivity contribution in [2.45, 2.75) is 32.9 Å². The zero-order valence-electron chi connectivity index (χ0n) is 16.5. The second kappa shape index (κ2) is 9.38. The summed E-state index contributed by atoms with van der Waals surface area (Å²) in [4.78, 5) is 0. The van der Waals surface area contributed by atoms with Gasteiger partial charge in [-0.05, 0) is 73.9 Å². The van der Waals surface area contributed by atoms with Crippen LogP contribution in [-0.4, -0.2) is 11.2 Å². The van der Waals surface area contributed by atoms with E-state index in [0.29, 0.717) is 5.11 Å². The molecule has 4 heteroatoms. The van der Waals surface area contributed by atoms with Crippen molar-refractivity contribution in [2.75, 3.05) is 5.32 Å². The van der Waals surface area contributed by atoms with Crippen molar-refractivity contribution in [3.05, 3.63) is 95.6 Å². The summed E-state index contributed by atoms with van der Waals surface area (Å²) in [5.41, 5.74) is 4.52. The van der Waals surface area contributed by atoms with E-state index in [0.717, 1.165) is 11.4 Å². The number of benzene rings is 3. The van der Waals surface area contributed by atoms with Gasteiger partial charge in [0.25, 0.3) is 0 Å². The average Bonchev–Trinajstić information content (AvgIpc) is 2.69. The highest BCUT2D eigenvalue weighted by Crippen LogP contribution is 2.25. The van der Waals surface area contributed by atoms with Gasteiger partial charge < -0.3 is 15.4 Å². The minimum absolute atomic E-state index is 0.0223. The Bertz CT molecular complexity index is 907. The van der Waals surface area contributed by atoms with E-state index in [4.69, 9.17) is 17.0 Å². The molecular weight excluding hydrogens is 364 g/mol. The van der Waals surface area contributed by atoms with E-state index >= 15 is 0 Å². The fourth-order valence-electron chi connectivity index (χ4n) is 3.08. The van der Waals surface area contributed by atoms with Gasteiger partial charge in [0.2, 0.25) is 0 Å². The molecule has 0 aliphatic rings. The molecule has 0 fully saturated rings. The van der Waals surface area contributed by atoms with E-state index in [1.54, 1.807) is 0 Å². The van der Waals surface area contributed by atoms with Crippen LogP contribution in [0.4, 0.5) is 5.69 Å². The highest BCUT2D eigenvalue weighted by Gasteiger charge is 2.17. The Balaban J connectivity index is 1.76. The second-order valence-electron chi connectivity index (χ2n) is 6.99. The lowest BCUT2D eigenvalue weighted by Crippen LogP contribution is -2.33. The number of rotatable bonds is 6. The molecule has 0 saturated carbocycles. The van der Waals surface area contributed by atoms with Crippen molar-refractivity contribution in [3.63, 3.8) is 0 Å². The molecule has 3 rings (SSSR count). The summed E-state index contributed by atoms with van der Waals surface area (Å²) in [7, 11) is 0. The topological polar surface area (TPSA) is 33.3 Å². The van der Waals surface area contributed by atoms with Crippen LogP contribution in [0.1, 0.15) is 36.6 Å². The number of ether oxygens (including phenoxy) is 1. The molecule has 2 N–H and O–H groups in total. The van der Waals surface area contributed by atoms with Crippen LogP contribution < -0.4 is 15.4 Å². The Labute approximate surface area is 172 Å². The van der Waals surface area contributed by atoms with E-state index in [1.807, 2.05) is 56.3 Å². The van der Waals surface area contributed by atoms with Gasteiger partial charge in [-0.15, -0.1) is 0 Å². The quantitative estimate of drug-likeness (QED) is 0.517. The fraction of sp³-hybridized carbons (Fsp3) is 0.208. The Kier molecular flexibility index (Phi) is 6.66. The number of hydrogen-bond acceptors (Lipinski definition) is 2. The van der Waals surface area contributed by atoms with E-state index in [-0.39, 0.29) is 12.1 Å². The Morgan fingerprint density at radius 2 is 1.50 bits per heavy atom. The minimum Gasteiger partial charge on any atom is -0.491 e. The summed E-state index contributed by atoms with van der Waals surface area (Å²) in [5.74, 6) is 0.849. The zero-order chi connectivity index (χ0) is 19.9. The summed E-state index contributed by atoms with van der Waals surface area (Å²) in [6.45, 7) is 6.15. The lowest BCUT2D eigenvalue weighted by molar-refractivity contribution is 0.242. The van der Waals surface area contributed by atoms with Gasteiger partial charge >= 0.3 is 0 Å². The molecule has 0 heterocycles. The number of hydrogen-bond donors (Lipinski definition) is 2. The lowest BCUT2D eigenvalue weighted by atomic mass is 9.95. The molecule has 0 aliphatic heterocycles. The molecule has 0 spiro atoms. The maximum absolute atomic E-state index is 5.69. The second-order valence-corrected chi connectivity index (χ2v) is 7.40. The molecule has 0 aromatic heterocycles.